The highest BCUT2D eigenvalue weighted by Crippen LogP contribution is 2.03. The van der Waals surface area contributed by atoms with E-state index in [-0.39, 0.29) is 23.3 Å². The van der Waals surface area contributed by atoms with Gasteiger partial charge in [0, 0.05) is 25.4 Å². The summed E-state index contributed by atoms with van der Waals surface area (Å²) < 4.78 is 6.52. The van der Waals surface area contributed by atoms with Crippen LogP contribution in [-0.4, -0.2) is 34.1 Å². The van der Waals surface area contributed by atoms with Crippen LogP contribution >= 0.6 is 0 Å². The van der Waals surface area contributed by atoms with Gasteiger partial charge < -0.3 is 14.6 Å². The minimum absolute atomic E-state index is 0.206. The van der Waals surface area contributed by atoms with Crippen molar-refractivity contribution < 1.29 is 14.3 Å². The Labute approximate surface area is 145 Å². The highest BCUT2D eigenvalue weighted by molar-refractivity contribution is 5.92. The van der Waals surface area contributed by atoms with Crippen molar-refractivity contribution in [2.75, 3.05) is 6.54 Å². The van der Waals surface area contributed by atoms with E-state index in [4.69, 9.17) is 4.74 Å². The molecule has 0 bridgehead atoms. The smallest absolute Gasteiger partial charge is 0.355 e. The monoisotopic (exact) mass is 343 g/mol. The molecule has 2 heterocycles. The largest absolute Gasteiger partial charge is 0.458 e. The van der Waals surface area contributed by atoms with Crippen LogP contribution in [0.2, 0.25) is 0 Å². The van der Waals surface area contributed by atoms with Crippen LogP contribution < -0.4 is 10.9 Å². The van der Waals surface area contributed by atoms with E-state index in [1.54, 1.807) is 44.3 Å². The number of carbonyl (C=O) groups excluding carboxylic acids is 2. The van der Waals surface area contributed by atoms with Gasteiger partial charge >= 0.3 is 5.97 Å². The minimum atomic E-state index is -0.537. The Hall–Kier alpha value is -2.96. The van der Waals surface area contributed by atoms with Crippen LogP contribution in [0.25, 0.3) is 0 Å². The second-order valence-corrected chi connectivity index (χ2v) is 5.68. The van der Waals surface area contributed by atoms with Crippen molar-refractivity contribution >= 4 is 11.9 Å². The third-order valence-electron chi connectivity index (χ3n) is 3.34. The summed E-state index contributed by atoms with van der Waals surface area (Å²) in [5, 5.41) is 2.74. The molecule has 0 saturated carbocycles. The van der Waals surface area contributed by atoms with E-state index < -0.39 is 5.97 Å². The summed E-state index contributed by atoms with van der Waals surface area (Å²) in [5.41, 5.74) is 0.257. The molecule has 1 amide bonds. The minimum Gasteiger partial charge on any atom is -0.458 e. The molecule has 0 aromatic carbocycles. The average Bonchev–Trinajstić information content (AvgIpc) is 2.59. The van der Waals surface area contributed by atoms with Gasteiger partial charge in [0.05, 0.1) is 6.10 Å². The van der Waals surface area contributed by atoms with Crippen LogP contribution in [0.1, 0.15) is 41.2 Å². The van der Waals surface area contributed by atoms with E-state index in [0.29, 0.717) is 25.2 Å². The number of rotatable bonds is 7. The Morgan fingerprint density at radius 2 is 2.00 bits per heavy atom. The first-order valence-electron chi connectivity index (χ1n) is 8.09. The zero-order valence-corrected chi connectivity index (χ0v) is 14.3. The van der Waals surface area contributed by atoms with Gasteiger partial charge in [-0.25, -0.2) is 4.79 Å². The lowest BCUT2D eigenvalue weighted by atomic mass is 10.3. The van der Waals surface area contributed by atoms with E-state index in [1.807, 2.05) is 0 Å². The molecule has 2 aromatic heterocycles. The van der Waals surface area contributed by atoms with Gasteiger partial charge in [0.1, 0.15) is 11.4 Å². The molecule has 7 nitrogen and oxygen atoms in total. The van der Waals surface area contributed by atoms with Crippen molar-refractivity contribution in [3.8, 4) is 0 Å². The SMILES string of the molecule is CC(C)OC(=O)c1cccc(=O)n1CCCNC(=O)c1ccccn1. The van der Waals surface area contributed by atoms with Crippen molar-refractivity contribution in [2.24, 2.45) is 0 Å². The number of nitrogens with one attached hydrogen (secondary N) is 1. The zero-order valence-electron chi connectivity index (χ0n) is 14.3. The number of amides is 1. The van der Waals surface area contributed by atoms with Gasteiger partial charge in [-0.05, 0) is 38.5 Å². The van der Waals surface area contributed by atoms with Crippen molar-refractivity contribution in [3.05, 3.63) is 64.3 Å². The molecule has 132 valence electrons. The molecule has 2 rings (SSSR count). The number of nitrogens with zero attached hydrogens (tertiary/aromatic N) is 2. The topological polar surface area (TPSA) is 90.3 Å². The third-order valence-corrected chi connectivity index (χ3v) is 3.34. The fourth-order valence-electron chi connectivity index (χ4n) is 2.23. The fraction of sp³-hybridized carbons (Fsp3) is 0.333. The number of ether oxygens (including phenoxy) is 1. The molecule has 0 aliphatic rings. The van der Waals surface area contributed by atoms with E-state index >= 15 is 0 Å². The molecule has 0 radical (unpaired) electrons. The van der Waals surface area contributed by atoms with Crippen molar-refractivity contribution in [3.63, 3.8) is 0 Å². The van der Waals surface area contributed by atoms with Gasteiger partial charge in [-0.15, -0.1) is 0 Å². The molecule has 7 heteroatoms. The molecule has 0 aliphatic carbocycles. The van der Waals surface area contributed by atoms with Crippen LogP contribution in [0.15, 0.2) is 47.4 Å². The Morgan fingerprint density at radius 3 is 2.68 bits per heavy atom. The quantitative estimate of drug-likeness (QED) is 0.609. The molecule has 0 atom stereocenters. The van der Waals surface area contributed by atoms with E-state index in [1.165, 1.54) is 16.7 Å². The summed E-state index contributed by atoms with van der Waals surface area (Å²) in [4.78, 5) is 40.0. The summed E-state index contributed by atoms with van der Waals surface area (Å²) in [6.07, 6.45) is 1.77. The maximum Gasteiger partial charge on any atom is 0.355 e. The molecule has 0 aliphatic heterocycles. The highest BCUT2D eigenvalue weighted by Gasteiger charge is 2.15. The van der Waals surface area contributed by atoms with Crippen molar-refractivity contribution in [2.45, 2.75) is 32.9 Å². The second-order valence-electron chi connectivity index (χ2n) is 5.68. The fourth-order valence-corrected chi connectivity index (χ4v) is 2.23. The molecular weight excluding hydrogens is 322 g/mol. The van der Waals surface area contributed by atoms with Crippen LogP contribution in [0.4, 0.5) is 0 Å². The molecule has 0 spiro atoms. The summed E-state index contributed by atoms with van der Waals surface area (Å²) in [6.45, 7) is 4.15. The predicted molar refractivity (Wildman–Crippen MR) is 92.4 cm³/mol. The molecule has 0 saturated heterocycles. The van der Waals surface area contributed by atoms with Crippen molar-refractivity contribution in [1.82, 2.24) is 14.9 Å². The Bertz CT molecular complexity index is 784. The lowest BCUT2D eigenvalue weighted by Crippen LogP contribution is -2.30. The number of pyridine rings is 2. The Morgan fingerprint density at radius 1 is 1.20 bits per heavy atom. The molecule has 1 N–H and O–H groups in total. The molecule has 0 fully saturated rings. The van der Waals surface area contributed by atoms with Crippen LogP contribution in [0.5, 0.6) is 0 Å². The highest BCUT2D eigenvalue weighted by atomic mass is 16.5. The number of esters is 1. The van der Waals surface area contributed by atoms with E-state index in [9.17, 15) is 14.4 Å². The van der Waals surface area contributed by atoms with E-state index in [2.05, 4.69) is 10.3 Å². The molecule has 0 unspecified atom stereocenters. The van der Waals surface area contributed by atoms with Crippen LogP contribution in [-0.2, 0) is 11.3 Å². The zero-order chi connectivity index (χ0) is 18.2. The third kappa shape index (κ3) is 5.27. The van der Waals surface area contributed by atoms with Crippen molar-refractivity contribution in [1.29, 1.82) is 0 Å². The first-order chi connectivity index (χ1) is 12.0. The van der Waals surface area contributed by atoms with Gasteiger partial charge in [0.25, 0.3) is 11.5 Å². The standard InChI is InChI=1S/C18H21N3O4/c1-13(2)25-18(24)15-8-5-9-16(22)21(15)12-6-11-20-17(23)14-7-3-4-10-19-14/h3-5,7-10,13H,6,11-12H2,1-2H3,(H,20,23). The molecular formula is C18H21N3O4. The number of hydrogen-bond donors (Lipinski definition) is 1. The summed E-state index contributed by atoms with van der Waals surface area (Å²) >= 11 is 0. The van der Waals surface area contributed by atoms with Gasteiger partial charge in [-0.1, -0.05) is 12.1 Å². The first kappa shape index (κ1) is 18.4. The lowest BCUT2D eigenvalue weighted by molar-refractivity contribution is 0.0363. The molecule has 25 heavy (non-hydrogen) atoms. The van der Waals surface area contributed by atoms with Gasteiger partial charge in [-0.3, -0.25) is 14.6 Å². The normalized spacial score (nSPS) is 10.5. The molecule has 2 aromatic rings. The average molecular weight is 343 g/mol. The summed E-state index contributed by atoms with van der Waals surface area (Å²) in [7, 11) is 0. The van der Waals surface area contributed by atoms with Gasteiger partial charge in [-0.2, -0.15) is 0 Å². The van der Waals surface area contributed by atoms with Gasteiger partial charge in [0.15, 0.2) is 0 Å². The maximum absolute atomic E-state index is 12.1. The predicted octanol–water partition coefficient (Wildman–Crippen LogP) is 1.63. The number of aromatic nitrogens is 2. The second kappa shape index (κ2) is 8.77. The number of carbonyl (C=O) groups is 2. The van der Waals surface area contributed by atoms with Crippen LogP contribution in [0, 0.1) is 0 Å². The Balaban J connectivity index is 1.95. The number of hydrogen-bond acceptors (Lipinski definition) is 5. The Kier molecular flexibility index (Phi) is 6.45. The first-order valence-corrected chi connectivity index (χ1v) is 8.09. The summed E-state index contributed by atoms with van der Waals surface area (Å²) in [5.74, 6) is -0.814. The maximum atomic E-state index is 12.1. The summed E-state index contributed by atoms with van der Waals surface area (Å²) in [6, 6.07) is 9.56. The lowest BCUT2D eigenvalue weighted by Gasteiger charge is -2.13. The van der Waals surface area contributed by atoms with Crippen LogP contribution in [0.3, 0.4) is 0 Å². The van der Waals surface area contributed by atoms with E-state index in [0.717, 1.165) is 0 Å². The van der Waals surface area contributed by atoms with Gasteiger partial charge in [0.2, 0.25) is 0 Å².